The number of amides is 1. The van der Waals surface area contributed by atoms with Gasteiger partial charge in [0.2, 0.25) is 0 Å². The second-order valence-corrected chi connectivity index (χ2v) is 4.73. The van der Waals surface area contributed by atoms with Crippen molar-refractivity contribution < 1.29 is 14.3 Å². The van der Waals surface area contributed by atoms with Gasteiger partial charge < -0.3 is 14.4 Å². The van der Waals surface area contributed by atoms with Gasteiger partial charge in [-0.15, -0.1) is 0 Å². The van der Waals surface area contributed by atoms with Crippen LogP contribution in [0.15, 0.2) is 35.0 Å². The van der Waals surface area contributed by atoms with E-state index in [9.17, 15) is 4.79 Å². The molecule has 2 aromatic rings. The quantitative estimate of drug-likeness (QED) is 0.874. The maximum absolute atomic E-state index is 12.0. The monoisotopic (exact) mass is 261 g/mol. The van der Waals surface area contributed by atoms with E-state index in [1.165, 1.54) is 0 Å². The highest BCUT2D eigenvalue weighted by atomic mass is 16.4. The predicted octanol–water partition coefficient (Wildman–Crippen LogP) is 0.589. The third kappa shape index (κ3) is 2.39. The summed E-state index contributed by atoms with van der Waals surface area (Å²) in [6.45, 7) is 1.85. The summed E-state index contributed by atoms with van der Waals surface area (Å²) in [5.41, 5.74) is 0. The van der Waals surface area contributed by atoms with E-state index in [-0.39, 0.29) is 18.4 Å². The Kier molecular flexibility index (Phi) is 3.08. The van der Waals surface area contributed by atoms with Crippen molar-refractivity contribution >= 4 is 5.91 Å². The molecule has 0 bridgehead atoms. The lowest BCUT2D eigenvalue weighted by Crippen LogP contribution is -2.51. The summed E-state index contributed by atoms with van der Waals surface area (Å²) in [5, 5.41) is 13.0. The minimum absolute atomic E-state index is 0.114. The topological polar surface area (TPSA) is 71.5 Å². The highest BCUT2D eigenvalue weighted by Crippen LogP contribution is 2.19. The first-order valence-corrected chi connectivity index (χ1v) is 6.22. The Morgan fingerprint density at radius 3 is 3.00 bits per heavy atom. The molecule has 100 valence electrons. The molecule has 1 aliphatic rings. The van der Waals surface area contributed by atoms with Gasteiger partial charge in [-0.1, -0.05) is 0 Å². The van der Waals surface area contributed by atoms with Crippen LogP contribution in [-0.4, -0.2) is 45.4 Å². The van der Waals surface area contributed by atoms with Gasteiger partial charge in [0.1, 0.15) is 5.76 Å². The molecule has 1 saturated heterocycles. The number of hydrogen-bond donors (Lipinski definition) is 1. The van der Waals surface area contributed by atoms with Gasteiger partial charge in [-0.3, -0.25) is 9.48 Å². The summed E-state index contributed by atoms with van der Waals surface area (Å²) in [6.07, 6.45) is 3.54. The molecule has 0 saturated carbocycles. The molecule has 0 spiro atoms. The zero-order valence-corrected chi connectivity index (χ0v) is 10.4. The zero-order chi connectivity index (χ0) is 13.2. The molecule has 3 rings (SSSR count). The Balaban J connectivity index is 1.63. The number of nitrogens with zero attached hydrogens (tertiary/aromatic N) is 3. The fraction of sp³-hybridized carbons (Fsp3) is 0.385. The molecule has 2 aromatic heterocycles. The van der Waals surface area contributed by atoms with Crippen LogP contribution in [0.4, 0.5) is 0 Å². The van der Waals surface area contributed by atoms with E-state index in [2.05, 4.69) is 5.10 Å². The van der Waals surface area contributed by atoms with E-state index < -0.39 is 0 Å². The van der Waals surface area contributed by atoms with Gasteiger partial charge in [-0.2, -0.15) is 5.10 Å². The smallest absolute Gasteiger partial charge is 0.289 e. The van der Waals surface area contributed by atoms with Crippen molar-refractivity contribution in [1.82, 2.24) is 14.7 Å². The van der Waals surface area contributed by atoms with Gasteiger partial charge in [-0.25, -0.2) is 0 Å². The summed E-state index contributed by atoms with van der Waals surface area (Å²) in [6, 6.07) is 5.32. The normalized spacial score (nSPS) is 15.5. The van der Waals surface area contributed by atoms with Gasteiger partial charge in [-0.05, 0) is 18.2 Å². The van der Waals surface area contributed by atoms with Crippen molar-refractivity contribution in [2.45, 2.75) is 6.54 Å². The van der Waals surface area contributed by atoms with Crippen LogP contribution in [0.1, 0.15) is 16.3 Å². The first-order chi connectivity index (χ1) is 9.26. The van der Waals surface area contributed by atoms with Crippen LogP contribution in [0.3, 0.4) is 0 Å². The van der Waals surface area contributed by atoms with Crippen molar-refractivity contribution in [2.24, 2.45) is 5.92 Å². The highest BCUT2D eigenvalue weighted by molar-refractivity contribution is 5.92. The van der Waals surface area contributed by atoms with Crippen molar-refractivity contribution in [2.75, 3.05) is 19.7 Å². The molecule has 3 heterocycles. The van der Waals surface area contributed by atoms with E-state index in [1.54, 1.807) is 27.9 Å². The van der Waals surface area contributed by atoms with Crippen LogP contribution in [0.5, 0.6) is 0 Å². The molecule has 1 N–H and O–H groups in total. The minimum Gasteiger partial charge on any atom is -0.454 e. The molecule has 0 unspecified atom stereocenters. The number of carbonyl (C=O) groups is 1. The van der Waals surface area contributed by atoms with E-state index >= 15 is 0 Å². The second-order valence-electron chi connectivity index (χ2n) is 4.73. The molecule has 6 nitrogen and oxygen atoms in total. The number of aromatic nitrogens is 2. The largest absolute Gasteiger partial charge is 0.454 e. The standard InChI is InChI=1S/C13H15N3O3/c17-9-10-6-15(7-10)13(18)12-3-2-11(19-12)8-16-5-1-4-14-16/h1-5,10,17H,6-9H2. The summed E-state index contributed by atoms with van der Waals surface area (Å²) in [7, 11) is 0. The van der Waals surface area contributed by atoms with E-state index in [0.717, 1.165) is 0 Å². The number of furan rings is 1. The molecule has 6 heteroatoms. The average molecular weight is 261 g/mol. The molecular weight excluding hydrogens is 246 g/mol. The average Bonchev–Trinajstić information content (AvgIpc) is 2.99. The molecule has 1 amide bonds. The lowest BCUT2D eigenvalue weighted by Gasteiger charge is -2.37. The summed E-state index contributed by atoms with van der Waals surface area (Å²) >= 11 is 0. The number of hydrogen-bond acceptors (Lipinski definition) is 4. The number of rotatable bonds is 4. The van der Waals surface area contributed by atoms with Gasteiger partial charge in [0, 0.05) is 38.0 Å². The Labute approximate surface area is 110 Å². The van der Waals surface area contributed by atoms with E-state index in [4.69, 9.17) is 9.52 Å². The third-order valence-corrected chi connectivity index (χ3v) is 3.25. The SMILES string of the molecule is O=C(c1ccc(Cn2cccn2)o1)N1CC(CO)C1. The van der Waals surface area contributed by atoms with Crippen LogP contribution >= 0.6 is 0 Å². The maximum atomic E-state index is 12.0. The zero-order valence-electron chi connectivity index (χ0n) is 10.4. The fourth-order valence-corrected chi connectivity index (χ4v) is 2.14. The van der Waals surface area contributed by atoms with Crippen LogP contribution in [0.2, 0.25) is 0 Å². The Hall–Kier alpha value is -2.08. The van der Waals surface area contributed by atoms with Crippen molar-refractivity contribution in [3.63, 3.8) is 0 Å². The number of carbonyl (C=O) groups excluding carboxylic acids is 1. The first-order valence-electron chi connectivity index (χ1n) is 6.22. The number of likely N-dealkylation sites (tertiary alicyclic amines) is 1. The van der Waals surface area contributed by atoms with Crippen LogP contribution in [0.25, 0.3) is 0 Å². The van der Waals surface area contributed by atoms with Gasteiger partial charge >= 0.3 is 0 Å². The summed E-state index contributed by atoms with van der Waals surface area (Å²) < 4.78 is 7.26. The van der Waals surface area contributed by atoms with Crippen LogP contribution in [0, 0.1) is 5.92 Å². The lowest BCUT2D eigenvalue weighted by atomic mass is 10.0. The Morgan fingerprint density at radius 2 is 2.32 bits per heavy atom. The lowest BCUT2D eigenvalue weighted by molar-refractivity contribution is 0.0332. The van der Waals surface area contributed by atoms with Crippen molar-refractivity contribution in [3.8, 4) is 0 Å². The summed E-state index contributed by atoms with van der Waals surface area (Å²) in [5.74, 6) is 1.14. The predicted molar refractivity (Wildman–Crippen MR) is 66.5 cm³/mol. The second kappa shape index (κ2) is 4.89. The van der Waals surface area contributed by atoms with Gasteiger partial charge in [0.25, 0.3) is 5.91 Å². The van der Waals surface area contributed by atoms with E-state index in [0.29, 0.717) is 31.2 Å². The molecule has 0 aromatic carbocycles. The van der Waals surface area contributed by atoms with E-state index in [1.807, 2.05) is 12.3 Å². The molecule has 1 fully saturated rings. The fourth-order valence-electron chi connectivity index (χ4n) is 2.14. The number of aliphatic hydroxyl groups excluding tert-OH is 1. The van der Waals surface area contributed by atoms with Crippen molar-refractivity contribution in [3.05, 3.63) is 42.1 Å². The molecule has 0 atom stereocenters. The van der Waals surface area contributed by atoms with Gasteiger partial charge in [0.05, 0.1) is 6.54 Å². The minimum atomic E-state index is -0.114. The highest BCUT2D eigenvalue weighted by Gasteiger charge is 2.31. The molecular formula is C13H15N3O3. The Morgan fingerprint density at radius 1 is 1.47 bits per heavy atom. The number of aliphatic hydroxyl groups is 1. The molecule has 1 aliphatic heterocycles. The molecule has 0 aliphatic carbocycles. The van der Waals surface area contributed by atoms with Crippen LogP contribution < -0.4 is 0 Å². The first kappa shape index (κ1) is 12.0. The molecule has 0 radical (unpaired) electrons. The van der Waals surface area contributed by atoms with Crippen LogP contribution in [-0.2, 0) is 6.54 Å². The van der Waals surface area contributed by atoms with Crippen molar-refractivity contribution in [1.29, 1.82) is 0 Å². The summed E-state index contributed by atoms with van der Waals surface area (Å²) in [4.78, 5) is 13.7. The molecule has 19 heavy (non-hydrogen) atoms. The third-order valence-electron chi connectivity index (χ3n) is 3.25. The Bertz CT molecular complexity index is 555. The van der Waals surface area contributed by atoms with Gasteiger partial charge in [0.15, 0.2) is 5.76 Å². The maximum Gasteiger partial charge on any atom is 0.289 e.